The van der Waals surface area contributed by atoms with E-state index in [9.17, 15) is 9.59 Å². The van der Waals surface area contributed by atoms with Gasteiger partial charge in [-0.15, -0.1) is 11.8 Å². The monoisotopic (exact) mass is 377 g/mol. The Balaban J connectivity index is 1.71. The van der Waals surface area contributed by atoms with Gasteiger partial charge in [-0.2, -0.15) is 0 Å². The summed E-state index contributed by atoms with van der Waals surface area (Å²) in [4.78, 5) is 33.9. The Kier molecular flexibility index (Phi) is 6.91. The van der Waals surface area contributed by atoms with E-state index in [0.717, 1.165) is 31.0 Å². The van der Waals surface area contributed by atoms with Crippen LogP contribution in [0.25, 0.3) is 0 Å². The Bertz CT molecular complexity index is 632. The van der Waals surface area contributed by atoms with Crippen molar-refractivity contribution < 1.29 is 14.3 Å². The Morgan fingerprint density at radius 1 is 1.23 bits per heavy atom. The number of thioether (sulfide) groups is 1. The summed E-state index contributed by atoms with van der Waals surface area (Å²) in [6.45, 7) is 3.11. The average Bonchev–Trinajstić information content (AvgIpc) is 2.97. The van der Waals surface area contributed by atoms with Crippen molar-refractivity contribution in [1.29, 1.82) is 0 Å². The molecule has 1 aromatic rings. The molecule has 0 radical (unpaired) electrons. The van der Waals surface area contributed by atoms with E-state index in [-0.39, 0.29) is 17.9 Å². The van der Waals surface area contributed by atoms with Crippen molar-refractivity contribution in [2.45, 2.75) is 43.2 Å². The van der Waals surface area contributed by atoms with Crippen molar-refractivity contribution >= 4 is 23.6 Å². The van der Waals surface area contributed by atoms with E-state index in [1.54, 1.807) is 17.2 Å². The van der Waals surface area contributed by atoms with Crippen LogP contribution in [0.4, 0.5) is 0 Å². The molecule has 26 heavy (non-hydrogen) atoms. The molecule has 0 aliphatic carbocycles. The number of morpholine rings is 1. The highest BCUT2D eigenvalue weighted by Gasteiger charge is 2.32. The fourth-order valence-corrected chi connectivity index (χ4v) is 4.15. The van der Waals surface area contributed by atoms with Crippen LogP contribution in [0, 0.1) is 0 Å². The molecule has 3 heterocycles. The Hall–Kier alpha value is -1.60. The second kappa shape index (κ2) is 9.37. The van der Waals surface area contributed by atoms with Gasteiger partial charge in [-0.1, -0.05) is 12.8 Å². The Labute approximate surface area is 159 Å². The highest BCUT2D eigenvalue weighted by molar-refractivity contribution is 7.98. The number of ether oxygens (including phenoxy) is 1. The molecule has 2 amide bonds. The van der Waals surface area contributed by atoms with Crippen LogP contribution in [0.1, 0.15) is 42.5 Å². The number of aromatic nitrogens is 1. The SMILES string of the molecule is CSc1ncccc1C(=O)N1CCOC[C@@H]1CC(=O)N1CCCCCC1. The number of hydrogen-bond donors (Lipinski definition) is 0. The third-order valence-electron chi connectivity index (χ3n) is 5.05. The summed E-state index contributed by atoms with van der Waals surface area (Å²) < 4.78 is 5.58. The molecule has 7 heteroatoms. The van der Waals surface area contributed by atoms with Gasteiger partial charge in [0.25, 0.3) is 5.91 Å². The van der Waals surface area contributed by atoms with Crippen LogP contribution in [0.15, 0.2) is 23.4 Å². The fraction of sp³-hybridized carbons (Fsp3) is 0.632. The number of rotatable bonds is 4. The Morgan fingerprint density at radius 2 is 2.00 bits per heavy atom. The molecule has 2 saturated heterocycles. The number of amides is 2. The van der Waals surface area contributed by atoms with Crippen LogP contribution >= 0.6 is 11.8 Å². The zero-order chi connectivity index (χ0) is 18.4. The van der Waals surface area contributed by atoms with Crippen molar-refractivity contribution in [1.82, 2.24) is 14.8 Å². The molecule has 0 bridgehead atoms. The number of carbonyl (C=O) groups excluding carboxylic acids is 2. The first-order chi connectivity index (χ1) is 12.7. The van der Waals surface area contributed by atoms with E-state index in [2.05, 4.69) is 4.98 Å². The third kappa shape index (κ3) is 4.57. The first-order valence-electron chi connectivity index (χ1n) is 9.36. The molecule has 3 rings (SSSR count). The predicted molar refractivity (Wildman–Crippen MR) is 101 cm³/mol. The molecule has 2 aliphatic heterocycles. The first kappa shape index (κ1) is 19.2. The average molecular weight is 378 g/mol. The van der Waals surface area contributed by atoms with E-state index >= 15 is 0 Å². The van der Waals surface area contributed by atoms with E-state index in [1.165, 1.54) is 24.6 Å². The summed E-state index contributed by atoms with van der Waals surface area (Å²) in [5.41, 5.74) is 0.606. The molecule has 2 fully saturated rings. The van der Waals surface area contributed by atoms with Gasteiger partial charge in [0, 0.05) is 32.3 Å². The van der Waals surface area contributed by atoms with Crippen LogP contribution in [-0.4, -0.2) is 71.7 Å². The molecule has 2 aliphatic rings. The van der Waals surface area contributed by atoms with Crippen LogP contribution in [0.5, 0.6) is 0 Å². The van der Waals surface area contributed by atoms with Gasteiger partial charge in [0.05, 0.1) is 24.8 Å². The van der Waals surface area contributed by atoms with Gasteiger partial charge < -0.3 is 14.5 Å². The summed E-state index contributed by atoms with van der Waals surface area (Å²) in [6.07, 6.45) is 8.48. The Morgan fingerprint density at radius 3 is 2.73 bits per heavy atom. The van der Waals surface area contributed by atoms with Crippen molar-refractivity contribution in [2.24, 2.45) is 0 Å². The van der Waals surface area contributed by atoms with Crippen LogP contribution in [-0.2, 0) is 9.53 Å². The third-order valence-corrected chi connectivity index (χ3v) is 5.76. The molecular formula is C19H27N3O3S. The molecular weight excluding hydrogens is 350 g/mol. The van der Waals surface area contributed by atoms with E-state index in [0.29, 0.717) is 31.7 Å². The normalized spacial score (nSPS) is 21.3. The number of nitrogens with zero attached hydrogens (tertiary/aromatic N) is 3. The number of pyridine rings is 1. The van der Waals surface area contributed by atoms with Crippen LogP contribution in [0.2, 0.25) is 0 Å². The van der Waals surface area contributed by atoms with Gasteiger partial charge >= 0.3 is 0 Å². The molecule has 142 valence electrons. The van der Waals surface area contributed by atoms with Crippen LogP contribution in [0.3, 0.4) is 0 Å². The molecule has 6 nitrogen and oxygen atoms in total. The van der Waals surface area contributed by atoms with Crippen LogP contribution < -0.4 is 0 Å². The zero-order valence-electron chi connectivity index (χ0n) is 15.4. The summed E-state index contributed by atoms with van der Waals surface area (Å²) in [5.74, 6) is 0.0795. The van der Waals surface area contributed by atoms with Crippen molar-refractivity contribution in [2.75, 3.05) is 39.1 Å². The molecule has 1 aromatic heterocycles. The van der Waals surface area contributed by atoms with E-state index in [4.69, 9.17) is 4.74 Å². The maximum Gasteiger partial charge on any atom is 0.257 e. The predicted octanol–water partition coefficient (Wildman–Crippen LogP) is 2.44. The number of carbonyl (C=O) groups is 2. The molecule has 1 atom stereocenters. The number of likely N-dealkylation sites (tertiary alicyclic amines) is 1. The zero-order valence-corrected chi connectivity index (χ0v) is 16.2. The van der Waals surface area contributed by atoms with Gasteiger partial charge in [-0.05, 0) is 31.2 Å². The second-order valence-electron chi connectivity index (χ2n) is 6.79. The standard InChI is InChI=1S/C19H27N3O3S/c1-26-18-16(7-6-8-20-18)19(24)22-11-12-25-14-15(22)13-17(23)21-9-4-2-3-5-10-21/h6-8,15H,2-5,9-14H2,1H3/t15-/m0/s1. The molecule has 0 spiro atoms. The summed E-state index contributed by atoms with van der Waals surface area (Å²) >= 11 is 1.46. The summed E-state index contributed by atoms with van der Waals surface area (Å²) in [7, 11) is 0. The van der Waals surface area contributed by atoms with Gasteiger partial charge in [-0.3, -0.25) is 9.59 Å². The molecule has 0 N–H and O–H groups in total. The van der Waals surface area contributed by atoms with Gasteiger partial charge in [0.15, 0.2) is 0 Å². The van der Waals surface area contributed by atoms with Gasteiger partial charge in [-0.25, -0.2) is 4.98 Å². The van der Waals surface area contributed by atoms with Gasteiger partial charge in [0.2, 0.25) is 5.91 Å². The smallest absolute Gasteiger partial charge is 0.257 e. The lowest BCUT2D eigenvalue weighted by Crippen LogP contribution is -2.51. The van der Waals surface area contributed by atoms with E-state index < -0.39 is 0 Å². The van der Waals surface area contributed by atoms with Crippen molar-refractivity contribution in [3.8, 4) is 0 Å². The quantitative estimate of drug-likeness (QED) is 0.754. The van der Waals surface area contributed by atoms with E-state index in [1.807, 2.05) is 17.2 Å². The minimum atomic E-state index is -0.207. The first-order valence-corrected chi connectivity index (χ1v) is 10.6. The summed E-state index contributed by atoms with van der Waals surface area (Å²) in [5, 5.41) is 0.724. The summed E-state index contributed by atoms with van der Waals surface area (Å²) in [6, 6.07) is 3.39. The van der Waals surface area contributed by atoms with Crippen molar-refractivity contribution in [3.63, 3.8) is 0 Å². The molecule has 0 aromatic carbocycles. The highest BCUT2D eigenvalue weighted by atomic mass is 32.2. The second-order valence-corrected chi connectivity index (χ2v) is 7.58. The maximum atomic E-state index is 13.1. The molecule has 0 unspecified atom stereocenters. The minimum absolute atomic E-state index is 0.0561. The fourth-order valence-electron chi connectivity index (χ4n) is 3.61. The minimum Gasteiger partial charge on any atom is -0.377 e. The largest absolute Gasteiger partial charge is 0.377 e. The lowest BCUT2D eigenvalue weighted by Gasteiger charge is -2.36. The number of hydrogen-bond acceptors (Lipinski definition) is 5. The van der Waals surface area contributed by atoms with Crippen molar-refractivity contribution in [3.05, 3.63) is 23.9 Å². The molecule has 0 saturated carbocycles. The topological polar surface area (TPSA) is 62.7 Å². The highest BCUT2D eigenvalue weighted by Crippen LogP contribution is 2.22. The lowest BCUT2D eigenvalue weighted by atomic mass is 10.1. The lowest BCUT2D eigenvalue weighted by molar-refractivity contribution is -0.133. The van der Waals surface area contributed by atoms with Gasteiger partial charge in [0.1, 0.15) is 5.03 Å². The maximum absolute atomic E-state index is 13.1.